The van der Waals surface area contributed by atoms with Gasteiger partial charge in [0.05, 0.1) is 17.3 Å². The van der Waals surface area contributed by atoms with Crippen molar-refractivity contribution in [1.82, 2.24) is 4.90 Å². The van der Waals surface area contributed by atoms with Crippen molar-refractivity contribution in [3.05, 3.63) is 53.1 Å². The fourth-order valence-electron chi connectivity index (χ4n) is 2.33. The smallest absolute Gasteiger partial charge is 0.244 e. The number of halogens is 1. The van der Waals surface area contributed by atoms with E-state index in [4.69, 9.17) is 16.3 Å². The minimum absolute atomic E-state index is 0.0162. The minimum Gasteiger partial charge on any atom is -0.455 e. The monoisotopic (exact) mass is 376 g/mol. The predicted octanol–water partition coefficient (Wildman–Crippen LogP) is 3.91. The van der Waals surface area contributed by atoms with Crippen molar-refractivity contribution in [2.24, 2.45) is 0 Å². The molecule has 2 aromatic carbocycles. The predicted molar refractivity (Wildman–Crippen MR) is 100 cm³/mol. The first-order valence-corrected chi connectivity index (χ1v) is 9.24. The number of hydrogen-bond acceptors (Lipinski definition) is 4. The summed E-state index contributed by atoms with van der Waals surface area (Å²) in [7, 11) is 0. The Labute approximate surface area is 155 Å². The van der Waals surface area contributed by atoms with Crippen LogP contribution in [0.1, 0.15) is 5.56 Å². The highest BCUT2D eigenvalue weighted by molar-refractivity contribution is 8.00. The molecule has 0 saturated carbocycles. The van der Waals surface area contributed by atoms with Gasteiger partial charge in [0, 0.05) is 5.02 Å². The number of hydrogen-bond donors (Lipinski definition) is 1. The van der Waals surface area contributed by atoms with Crippen LogP contribution in [0.4, 0.5) is 5.69 Å². The normalized spacial score (nSPS) is 13.8. The van der Waals surface area contributed by atoms with Crippen LogP contribution in [0.2, 0.25) is 5.02 Å². The Balaban J connectivity index is 1.73. The Morgan fingerprint density at radius 1 is 1.28 bits per heavy atom. The third-order valence-corrected chi connectivity index (χ3v) is 4.80. The number of amides is 2. The van der Waals surface area contributed by atoms with Crippen LogP contribution >= 0.6 is 23.4 Å². The third-order valence-electron chi connectivity index (χ3n) is 3.62. The van der Waals surface area contributed by atoms with E-state index in [0.29, 0.717) is 33.8 Å². The number of carbonyl (C=O) groups is 2. The van der Waals surface area contributed by atoms with Crippen LogP contribution in [-0.2, 0) is 9.59 Å². The molecule has 2 amide bonds. The van der Waals surface area contributed by atoms with Gasteiger partial charge in [-0.2, -0.15) is 0 Å². The SMILES string of the molecule is Cc1ccc(Oc2ccc(Cl)cc2NC(=O)CN2CSCC2=O)cc1. The summed E-state index contributed by atoms with van der Waals surface area (Å²) in [5, 5.41) is 3.26. The van der Waals surface area contributed by atoms with E-state index in [9.17, 15) is 9.59 Å². The molecule has 5 nitrogen and oxygen atoms in total. The molecule has 1 N–H and O–H groups in total. The van der Waals surface area contributed by atoms with Crippen molar-refractivity contribution < 1.29 is 14.3 Å². The molecule has 1 aliphatic rings. The number of anilines is 1. The highest BCUT2D eigenvalue weighted by atomic mass is 35.5. The summed E-state index contributed by atoms with van der Waals surface area (Å²) in [6, 6.07) is 12.6. The second-order valence-electron chi connectivity index (χ2n) is 5.67. The van der Waals surface area contributed by atoms with Crippen LogP contribution < -0.4 is 10.1 Å². The van der Waals surface area contributed by atoms with E-state index in [-0.39, 0.29) is 18.4 Å². The van der Waals surface area contributed by atoms with Crippen LogP contribution in [0.3, 0.4) is 0 Å². The highest BCUT2D eigenvalue weighted by Crippen LogP contribution is 2.32. The van der Waals surface area contributed by atoms with Gasteiger partial charge in [-0.05, 0) is 37.3 Å². The van der Waals surface area contributed by atoms with Gasteiger partial charge in [0.15, 0.2) is 5.75 Å². The Kier molecular flexibility index (Phi) is 5.50. The Bertz CT molecular complexity index is 795. The lowest BCUT2D eigenvalue weighted by molar-refractivity contribution is -0.130. The van der Waals surface area contributed by atoms with Crippen LogP contribution in [0, 0.1) is 6.92 Å². The second kappa shape index (κ2) is 7.80. The lowest BCUT2D eigenvalue weighted by Gasteiger charge is -2.16. The summed E-state index contributed by atoms with van der Waals surface area (Å²) in [6.45, 7) is 2.01. The summed E-state index contributed by atoms with van der Waals surface area (Å²) in [5.41, 5.74) is 1.60. The number of thioether (sulfide) groups is 1. The average molecular weight is 377 g/mol. The molecule has 3 rings (SSSR count). The number of rotatable bonds is 5. The lowest BCUT2D eigenvalue weighted by atomic mass is 10.2. The first kappa shape index (κ1) is 17.6. The molecule has 0 aliphatic carbocycles. The van der Waals surface area contributed by atoms with Crippen LogP contribution in [0.15, 0.2) is 42.5 Å². The average Bonchev–Trinajstić information content (AvgIpc) is 2.97. The minimum atomic E-state index is -0.285. The fraction of sp³-hybridized carbons (Fsp3) is 0.222. The maximum atomic E-state index is 12.3. The van der Waals surface area contributed by atoms with Gasteiger partial charge in [-0.15, -0.1) is 11.8 Å². The molecule has 25 heavy (non-hydrogen) atoms. The van der Waals surface area contributed by atoms with Crippen molar-refractivity contribution in [2.75, 3.05) is 23.5 Å². The molecule has 1 heterocycles. The topological polar surface area (TPSA) is 58.6 Å². The summed E-state index contributed by atoms with van der Waals surface area (Å²) in [5.74, 6) is 1.80. The van der Waals surface area contributed by atoms with Gasteiger partial charge in [-0.25, -0.2) is 0 Å². The zero-order valence-electron chi connectivity index (χ0n) is 13.6. The lowest BCUT2D eigenvalue weighted by Crippen LogP contribution is -2.34. The zero-order chi connectivity index (χ0) is 17.8. The molecule has 0 aromatic heterocycles. The maximum Gasteiger partial charge on any atom is 0.244 e. The van der Waals surface area contributed by atoms with Crippen LogP contribution in [-0.4, -0.2) is 34.9 Å². The number of nitrogens with zero attached hydrogens (tertiary/aromatic N) is 1. The summed E-state index contributed by atoms with van der Waals surface area (Å²) < 4.78 is 5.85. The van der Waals surface area contributed by atoms with Crippen molar-refractivity contribution in [3.63, 3.8) is 0 Å². The van der Waals surface area contributed by atoms with Crippen LogP contribution in [0.25, 0.3) is 0 Å². The van der Waals surface area contributed by atoms with Gasteiger partial charge < -0.3 is 15.0 Å². The van der Waals surface area contributed by atoms with Gasteiger partial charge >= 0.3 is 0 Å². The molecule has 0 spiro atoms. The van der Waals surface area contributed by atoms with Gasteiger partial charge in [0.2, 0.25) is 11.8 Å². The largest absolute Gasteiger partial charge is 0.455 e. The number of ether oxygens (including phenoxy) is 1. The first-order chi connectivity index (χ1) is 12.0. The van der Waals surface area contributed by atoms with Crippen molar-refractivity contribution in [3.8, 4) is 11.5 Å². The Morgan fingerprint density at radius 3 is 2.72 bits per heavy atom. The van der Waals surface area contributed by atoms with E-state index in [1.807, 2.05) is 31.2 Å². The molecule has 1 aliphatic heterocycles. The van der Waals surface area contributed by atoms with E-state index in [0.717, 1.165) is 5.56 Å². The molecule has 0 bridgehead atoms. The summed E-state index contributed by atoms with van der Waals surface area (Å²) >= 11 is 7.54. The first-order valence-electron chi connectivity index (χ1n) is 7.71. The van der Waals surface area contributed by atoms with Crippen LogP contribution in [0.5, 0.6) is 11.5 Å². The number of benzene rings is 2. The maximum absolute atomic E-state index is 12.3. The molecule has 130 valence electrons. The fourth-order valence-corrected chi connectivity index (χ4v) is 3.40. The quantitative estimate of drug-likeness (QED) is 0.859. The molecule has 0 radical (unpaired) electrons. The summed E-state index contributed by atoms with van der Waals surface area (Å²) in [6.07, 6.45) is 0. The van der Waals surface area contributed by atoms with Gasteiger partial charge in [-0.1, -0.05) is 29.3 Å². The molecule has 7 heteroatoms. The molecule has 2 aromatic rings. The zero-order valence-corrected chi connectivity index (χ0v) is 15.2. The highest BCUT2D eigenvalue weighted by Gasteiger charge is 2.23. The van der Waals surface area contributed by atoms with E-state index in [1.165, 1.54) is 16.7 Å². The summed E-state index contributed by atoms with van der Waals surface area (Å²) in [4.78, 5) is 25.4. The van der Waals surface area contributed by atoms with Gasteiger partial charge in [0.25, 0.3) is 0 Å². The van der Waals surface area contributed by atoms with E-state index >= 15 is 0 Å². The standard InChI is InChI=1S/C18H17ClN2O3S/c1-12-2-5-14(6-3-12)24-16-7-4-13(19)8-15(16)20-17(22)9-21-11-25-10-18(21)23/h2-8H,9-11H2,1H3,(H,20,22). The van der Waals surface area contributed by atoms with E-state index < -0.39 is 0 Å². The molecule has 1 saturated heterocycles. The number of nitrogens with one attached hydrogen (secondary N) is 1. The van der Waals surface area contributed by atoms with E-state index in [1.54, 1.807) is 18.2 Å². The van der Waals surface area contributed by atoms with Crippen molar-refractivity contribution in [1.29, 1.82) is 0 Å². The molecular weight excluding hydrogens is 360 g/mol. The second-order valence-corrected chi connectivity index (χ2v) is 7.06. The molecular formula is C18H17ClN2O3S. The van der Waals surface area contributed by atoms with Crippen molar-refractivity contribution >= 4 is 40.9 Å². The Hall–Kier alpha value is -2.18. The van der Waals surface area contributed by atoms with Crippen molar-refractivity contribution in [2.45, 2.75) is 6.92 Å². The Morgan fingerprint density at radius 2 is 2.04 bits per heavy atom. The number of aryl methyl sites for hydroxylation is 1. The van der Waals surface area contributed by atoms with E-state index in [2.05, 4.69) is 5.32 Å². The molecule has 1 fully saturated rings. The van der Waals surface area contributed by atoms with Gasteiger partial charge in [0.1, 0.15) is 12.3 Å². The molecule has 0 atom stereocenters. The van der Waals surface area contributed by atoms with Gasteiger partial charge in [-0.3, -0.25) is 9.59 Å². The number of carbonyl (C=O) groups excluding carboxylic acids is 2. The molecule has 0 unspecified atom stereocenters. The third kappa shape index (κ3) is 4.67.